The maximum Gasteiger partial charge on any atom is 0 e. The Balaban J connectivity index is -0.000000282. The van der Waals surface area contributed by atoms with Gasteiger partial charge in [0.15, 0.2) is 0 Å². The SMILES string of the molecule is CN(C)CCCC1CCCC1.C[N-]C(C)[N-]C.[CH3-].[La]. The Bertz CT molecular complexity index is 155. The summed E-state index contributed by atoms with van der Waals surface area (Å²) in [5.74, 6) is 1.08. The second-order valence-corrected chi connectivity index (χ2v) is 5.24. The second kappa shape index (κ2) is 17.1. The van der Waals surface area contributed by atoms with E-state index in [9.17, 15) is 0 Å². The number of rotatable bonds is 6. The van der Waals surface area contributed by atoms with Gasteiger partial charge in [0.2, 0.25) is 0 Å². The van der Waals surface area contributed by atoms with Crippen LogP contribution in [-0.2, 0) is 0 Å². The maximum absolute atomic E-state index is 3.84. The van der Waals surface area contributed by atoms with Gasteiger partial charge in [0, 0.05) is 35.6 Å². The van der Waals surface area contributed by atoms with Gasteiger partial charge >= 0.3 is 0 Å². The molecule has 115 valence electrons. The number of hydrogen-bond acceptors (Lipinski definition) is 1. The fourth-order valence-electron chi connectivity index (χ4n) is 2.11. The molecule has 1 saturated carbocycles. The molecule has 1 aliphatic rings. The normalized spacial score (nSPS) is 14.7. The molecule has 19 heavy (non-hydrogen) atoms. The van der Waals surface area contributed by atoms with Crippen molar-refractivity contribution in [2.45, 2.75) is 51.6 Å². The van der Waals surface area contributed by atoms with Crippen LogP contribution in [0.1, 0.15) is 45.4 Å². The van der Waals surface area contributed by atoms with Gasteiger partial charge in [0.1, 0.15) is 0 Å². The number of nitrogens with zero attached hydrogens (tertiary/aromatic N) is 3. The van der Waals surface area contributed by atoms with E-state index in [0.717, 1.165) is 5.92 Å². The third-order valence-electron chi connectivity index (χ3n) is 3.44. The van der Waals surface area contributed by atoms with Crippen molar-refractivity contribution in [2.75, 3.05) is 34.7 Å². The minimum atomic E-state index is 0. The standard InChI is InChI=1S/C10H21N.C4H10N2.CH3.La/c1-11(2)9-5-8-10-6-3-4-7-10;1-4(5-2)6-3;;/h10H,3-9H2,1-2H3;4H,1-3H3;1H3;/q;-2;-1;. The molecule has 1 fully saturated rings. The van der Waals surface area contributed by atoms with Crippen molar-refractivity contribution in [3.63, 3.8) is 0 Å². The van der Waals surface area contributed by atoms with Crippen LogP contribution in [0.4, 0.5) is 0 Å². The van der Waals surface area contributed by atoms with Gasteiger partial charge in [-0.25, -0.2) is 6.17 Å². The molecule has 0 N–H and O–H groups in total. The summed E-state index contributed by atoms with van der Waals surface area (Å²) in [6.45, 7) is 3.22. The van der Waals surface area contributed by atoms with Crippen molar-refractivity contribution < 1.29 is 35.6 Å². The summed E-state index contributed by atoms with van der Waals surface area (Å²) in [6.07, 6.45) is 9.06. The van der Waals surface area contributed by atoms with Crippen LogP contribution in [0.3, 0.4) is 0 Å². The predicted octanol–water partition coefficient (Wildman–Crippen LogP) is 4.31. The molecule has 0 aromatic heterocycles. The molecule has 3 nitrogen and oxygen atoms in total. The van der Waals surface area contributed by atoms with Gasteiger partial charge in [-0.3, -0.25) is 0 Å². The Morgan fingerprint density at radius 3 is 1.89 bits per heavy atom. The van der Waals surface area contributed by atoms with Gasteiger partial charge in [-0.2, -0.15) is 14.1 Å². The van der Waals surface area contributed by atoms with E-state index >= 15 is 0 Å². The van der Waals surface area contributed by atoms with Crippen molar-refractivity contribution in [1.29, 1.82) is 0 Å². The molecular formula is C15H34LaN3-3. The molecule has 0 spiro atoms. The van der Waals surface area contributed by atoms with E-state index in [-0.39, 0.29) is 49.2 Å². The van der Waals surface area contributed by atoms with E-state index in [4.69, 9.17) is 0 Å². The molecule has 0 unspecified atom stereocenters. The van der Waals surface area contributed by atoms with Gasteiger partial charge in [-0.05, 0) is 39.4 Å². The van der Waals surface area contributed by atoms with E-state index < -0.39 is 0 Å². The minimum Gasteiger partial charge on any atom is -0.681 e. The minimum absolute atomic E-state index is 0. The zero-order chi connectivity index (χ0) is 13.1. The Labute approximate surface area is 150 Å². The van der Waals surface area contributed by atoms with Crippen LogP contribution in [-0.4, -0.2) is 45.8 Å². The summed E-state index contributed by atoms with van der Waals surface area (Å²) in [4.78, 5) is 2.29. The van der Waals surface area contributed by atoms with Crippen molar-refractivity contribution in [2.24, 2.45) is 5.92 Å². The molecule has 0 atom stereocenters. The quantitative estimate of drug-likeness (QED) is 0.617. The first-order chi connectivity index (χ1) is 8.10. The molecule has 0 saturated heterocycles. The summed E-state index contributed by atoms with van der Waals surface area (Å²) in [7, 11) is 7.85. The van der Waals surface area contributed by atoms with Crippen LogP contribution in [0, 0.1) is 48.9 Å². The van der Waals surface area contributed by atoms with E-state index in [1.165, 1.54) is 45.1 Å². The Kier molecular flexibility index (Phi) is 22.6. The largest absolute Gasteiger partial charge is 0.681 e. The van der Waals surface area contributed by atoms with E-state index in [0.29, 0.717) is 0 Å². The monoisotopic (exact) mass is 395 g/mol. The zero-order valence-corrected chi connectivity index (χ0v) is 17.6. The van der Waals surface area contributed by atoms with Crippen molar-refractivity contribution in [3.05, 3.63) is 18.1 Å². The summed E-state index contributed by atoms with van der Waals surface area (Å²) in [5, 5.41) is 7.68. The molecule has 1 aliphatic carbocycles. The smallest absolute Gasteiger partial charge is 0 e. The Morgan fingerprint density at radius 1 is 1.11 bits per heavy atom. The molecule has 1 rings (SSSR count). The van der Waals surface area contributed by atoms with Crippen LogP contribution in [0.25, 0.3) is 10.6 Å². The zero-order valence-electron chi connectivity index (χ0n) is 14.0. The van der Waals surface area contributed by atoms with Crippen LogP contribution >= 0.6 is 0 Å². The first kappa shape index (κ1) is 25.1. The van der Waals surface area contributed by atoms with Crippen LogP contribution in [0.5, 0.6) is 0 Å². The summed E-state index contributed by atoms with van der Waals surface area (Å²) >= 11 is 0. The summed E-state index contributed by atoms with van der Waals surface area (Å²) < 4.78 is 0. The molecule has 0 aromatic carbocycles. The Hall–Kier alpha value is 1.07. The molecule has 0 aromatic rings. The third kappa shape index (κ3) is 17.0. The Morgan fingerprint density at radius 2 is 1.58 bits per heavy atom. The van der Waals surface area contributed by atoms with Crippen molar-refractivity contribution in [1.82, 2.24) is 4.90 Å². The summed E-state index contributed by atoms with van der Waals surface area (Å²) in [5.41, 5.74) is 0. The third-order valence-corrected chi connectivity index (χ3v) is 3.44. The van der Waals surface area contributed by atoms with Crippen LogP contribution < -0.4 is 0 Å². The van der Waals surface area contributed by atoms with Gasteiger partial charge < -0.3 is 23.0 Å². The predicted molar refractivity (Wildman–Crippen MR) is 84.2 cm³/mol. The van der Waals surface area contributed by atoms with Crippen LogP contribution in [0.15, 0.2) is 0 Å². The molecular weight excluding hydrogens is 361 g/mol. The average Bonchev–Trinajstić information content (AvgIpc) is 2.81. The van der Waals surface area contributed by atoms with E-state index in [1.807, 2.05) is 6.92 Å². The topological polar surface area (TPSA) is 31.4 Å². The van der Waals surface area contributed by atoms with Gasteiger partial charge in [-0.1, -0.05) is 25.7 Å². The molecule has 0 amide bonds. The summed E-state index contributed by atoms with van der Waals surface area (Å²) in [6, 6.07) is 0. The molecule has 4 heteroatoms. The second-order valence-electron chi connectivity index (χ2n) is 5.24. The fraction of sp³-hybridized carbons (Fsp3) is 0.933. The van der Waals surface area contributed by atoms with Gasteiger partial charge in [0.05, 0.1) is 0 Å². The fourth-order valence-corrected chi connectivity index (χ4v) is 2.11. The molecule has 0 heterocycles. The van der Waals surface area contributed by atoms with E-state index in [1.54, 1.807) is 14.1 Å². The maximum atomic E-state index is 3.84. The van der Waals surface area contributed by atoms with Gasteiger partial charge in [-0.15, -0.1) is 6.92 Å². The van der Waals surface area contributed by atoms with Crippen molar-refractivity contribution in [3.8, 4) is 0 Å². The number of hydrogen-bond donors (Lipinski definition) is 0. The molecule has 0 aliphatic heterocycles. The van der Waals surface area contributed by atoms with E-state index in [2.05, 4.69) is 29.6 Å². The van der Waals surface area contributed by atoms with Crippen LogP contribution in [0.2, 0.25) is 0 Å². The molecule has 0 bridgehead atoms. The first-order valence-electron chi connectivity index (χ1n) is 6.92. The molecule has 1 radical (unpaired) electrons. The first-order valence-corrected chi connectivity index (χ1v) is 6.92. The average molecular weight is 395 g/mol. The van der Waals surface area contributed by atoms with Gasteiger partial charge in [0.25, 0.3) is 0 Å². The van der Waals surface area contributed by atoms with Crippen molar-refractivity contribution >= 4 is 0 Å².